The molecular formula is C112H208O16. The van der Waals surface area contributed by atoms with E-state index in [1.165, 1.54) is 107 Å². The second-order valence-electron chi connectivity index (χ2n) is 46.7. The van der Waals surface area contributed by atoms with Crippen molar-refractivity contribution < 1.29 is 76.3 Å². The van der Waals surface area contributed by atoms with Gasteiger partial charge in [0.15, 0.2) is 0 Å². The molecule has 0 spiro atoms. The van der Waals surface area contributed by atoms with Crippen LogP contribution in [0, 0.1) is 71.9 Å². The topological polar surface area (TPSA) is 210 Å². The summed E-state index contributed by atoms with van der Waals surface area (Å²) in [4.78, 5) is 93.8. The van der Waals surface area contributed by atoms with Crippen molar-refractivity contribution in [3.8, 4) is 0 Å². The standard InChI is InChI=1S/2C15H28O2.C14H28O2.C14H22.3C12H22O2.2C9H18O2/c2*1-7-15(5,6)13(16)17-12-10-14(3,4)9-8-11(12)2;1-6-9-10-12(7-2)11-16-13(15)14(4,5)8-3;1-6-11(2)12-7-9-13(10-8-12)14(3,4)5;3*1-4-12(2,3)11(13)14-10-8-6-5-7-9-10;2*1-6-9(4,5)8(10)11-7(2)3/h2*11-12H,7-10H2,1-6H3;12H,6-11H2,1-5H3;7-11H,6H2,1-5H3;3*10H,4-9H2,1-3H3;2*7H,6H2,1-5H3. The molecule has 1 aromatic carbocycles. The van der Waals surface area contributed by atoms with Crippen molar-refractivity contribution in [3.63, 3.8) is 0 Å². The van der Waals surface area contributed by atoms with E-state index in [4.69, 9.17) is 37.9 Å². The molecule has 0 N–H and O–H groups in total. The van der Waals surface area contributed by atoms with Crippen molar-refractivity contribution in [1.82, 2.24) is 0 Å². The number of carbonyl (C=O) groups is 8. The number of carbonyl (C=O) groups excluding carboxylic acids is 8. The van der Waals surface area contributed by atoms with Gasteiger partial charge in [-0.3, -0.25) is 38.4 Å². The highest BCUT2D eigenvalue weighted by Gasteiger charge is 2.41. The Balaban J connectivity index is -0.00000138. The third-order valence-corrected chi connectivity index (χ3v) is 28.5. The van der Waals surface area contributed by atoms with Crippen LogP contribution in [0.3, 0.4) is 0 Å². The van der Waals surface area contributed by atoms with Crippen LogP contribution in [0.25, 0.3) is 0 Å². The van der Waals surface area contributed by atoms with Crippen molar-refractivity contribution in [2.24, 2.45) is 71.9 Å². The highest BCUT2D eigenvalue weighted by molar-refractivity contribution is 5.79. The first kappa shape index (κ1) is 127. The average molecular weight is 1810 g/mol. The molecule has 752 valence electrons. The molecule has 0 aliphatic heterocycles. The lowest BCUT2D eigenvalue weighted by atomic mass is 9.72. The molecule has 5 saturated carbocycles. The Labute approximate surface area is 789 Å². The van der Waals surface area contributed by atoms with Gasteiger partial charge in [0.25, 0.3) is 0 Å². The number of ether oxygens (including phenoxy) is 8. The lowest BCUT2D eigenvalue weighted by Crippen LogP contribution is -2.39. The zero-order valence-corrected chi connectivity index (χ0v) is 91.4. The van der Waals surface area contributed by atoms with E-state index in [-0.39, 0.29) is 139 Å². The quantitative estimate of drug-likeness (QED) is 0.0500. The molecule has 0 radical (unpaired) electrons. The van der Waals surface area contributed by atoms with E-state index in [1.807, 2.05) is 194 Å². The van der Waals surface area contributed by atoms with Gasteiger partial charge < -0.3 is 37.9 Å². The molecule has 0 aromatic heterocycles. The summed E-state index contributed by atoms with van der Waals surface area (Å²) in [5, 5.41) is 0. The largest absolute Gasteiger partial charge is 0.465 e. The van der Waals surface area contributed by atoms with Crippen molar-refractivity contribution in [1.29, 1.82) is 0 Å². The summed E-state index contributed by atoms with van der Waals surface area (Å²) in [7, 11) is 0. The summed E-state index contributed by atoms with van der Waals surface area (Å²) in [5.41, 5.74) is 1.17. The van der Waals surface area contributed by atoms with Gasteiger partial charge in [-0.05, 0) is 369 Å². The molecule has 16 nitrogen and oxygen atoms in total. The summed E-state index contributed by atoms with van der Waals surface area (Å²) in [5.74, 6) is 1.84. The van der Waals surface area contributed by atoms with Crippen LogP contribution in [0.2, 0.25) is 0 Å². The van der Waals surface area contributed by atoms with Crippen molar-refractivity contribution >= 4 is 47.8 Å². The smallest absolute Gasteiger partial charge is 0.311 e. The highest BCUT2D eigenvalue weighted by atomic mass is 16.6. The summed E-state index contributed by atoms with van der Waals surface area (Å²) in [6.07, 6.45) is 37.7. The fourth-order valence-corrected chi connectivity index (χ4v) is 13.4. The second-order valence-corrected chi connectivity index (χ2v) is 46.7. The molecule has 0 saturated heterocycles. The van der Waals surface area contributed by atoms with E-state index < -0.39 is 0 Å². The molecular weight excluding hydrogens is 1600 g/mol. The zero-order chi connectivity index (χ0) is 99.9. The number of rotatable bonds is 31. The first-order valence-electron chi connectivity index (χ1n) is 51.5. The van der Waals surface area contributed by atoms with E-state index in [1.54, 1.807) is 0 Å². The van der Waals surface area contributed by atoms with Gasteiger partial charge in [0.05, 0.1) is 62.1 Å². The molecule has 0 amide bonds. The van der Waals surface area contributed by atoms with Crippen LogP contribution in [-0.4, -0.2) is 97.1 Å². The minimum atomic E-state index is -0.346. The van der Waals surface area contributed by atoms with Crippen molar-refractivity contribution in [2.75, 3.05) is 6.61 Å². The minimum absolute atomic E-state index is 0.00618. The average Bonchev–Trinajstić information content (AvgIpc) is 0.828. The third kappa shape index (κ3) is 52.6. The van der Waals surface area contributed by atoms with Gasteiger partial charge in [0, 0.05) is 0 Å². The van der Waals surface area contributed by atoms with Gasteiger partial charge in [-0.25, -0.2) is 0 Å². The number of unbranched alkanes of at least 4 members (excludes halogenated alkanes) is 1. The summed E-state index contributed by atoms with van der Waals surface area (Å²) >= 11 is 0. The Morgan fingerprint density at radius 3 is 0.836 bits per heavy atom. The van der Waals surface area contributed by atoms with Crippen LogP contribution in [-0.2, 0) is 81.7 Å². The molecule has 16 heteroatoms. The molecule has 128 heavy (non-hydrogen) atoms. The fourth-order valence-electron chi connectivity index (χ4n) is 13.4. The molecule has 1 aromatic rings. The predicted molar refractivity (Wildman–Crippen MR) is 535 cm³/mol. The van der Waals surface area contributed by atoms with E-state index in [0.717, 1.165) is 122 Å². The zero-order valence-electron chi connectivity index (χ0n) is 91.4. The molecule has 5 aliphatic rings. The maximum atomic E-state index is 12.1. The van der Waals surface area contributed by atoms with Gasteiger partial charge in [-0.15, -0.1) is 0 Å². The molecule has 6 rings (SSSR count). The number of hydrogen-bond acceptors (Lipinski definition) is 16. The Morgan fingerprint density at radius 1 is 0.344 bits per heavy atom. The normalized spacial score (nSPS) is 19.3. The monoisotopic (exact) mass is 1810 g/mol. The Morgan fingerprint density at radius 2 is 0.602 bits per heavy atom. The van der Waals surface area contributed by atoms with Crippen molar-refractivity contribution in [3.05, 3.63) is 35.4 Å². The lowest BCUT2D eigenvalue weighted by molar-refractivity contribution is -0.167. The first-order valence-corrected chi connectivity index (χ1v) is 51.5. The van der Waals surface area contributed by atoms with E-state index in [9.17, 15) is 38.4 Å². The van der Waals surface area contributed by atoms with Gasteiger partial charge in [0.1, 0.15) is 30.5 Å². The molecule has 0 heterocycles. The third-order valence-electron chi connectivity index (χ3n) is 28.5. The van der Waals surface area contributed by atoms with Gasteiger partial charge >= 0.3 is 47.8 Å². The predicted octanol–water partition coefficient (Wildman–Crippen LogP) is 31.7. The van der Waals surface area contributed by atoms with Gasteiger partial charge in [0.2, 0.25) is 0 Å². The summed E-state index contributed by atoms with van der Waals surface area (Å²) in [6, 6.07) is 9.08. The first-order chi connectivity index (χ1) is 58.8. The maximum absolute atomic E-state index is 12.1. The van der Waals surface area contributed by atoms with Crippen LogP contribution in [0.1, 0.15) is 519 Å². The number of benzene rings is 1. The van der Waals surface area contributed by atoms with Crippen molar-refractivity contribution in [2.45, 2.75) is 556 Å². The Bertz CT molecular complexity index is 3010. The van der Waals surface area contributed by atoms with Gasteiger partial charge in [-0.2, -0.15) is 0 Å². The number of esters is 8. The van der Waals surface area contributed by atoms with Crippen LogP contribution < -0.4 is 0 Å². The summed E-state index contributed by atoms with van der Waals surface area (Å²) < 4.78 is 43.6. The van der Waals surface area contributed by atoms with E-state index in [0.29, 0.717) is 41.1 Å². The van der Waals surface area contributed by atoms with E-state index >= 15 is 0 Å². The van der Waals surface area contributed by atoms with Crippen LogP contribution >= 0.6 is 0 Å². The van der Waals surface area contributed by atoms with Gasteiger partial charge in [-0.1, -0.05) is 208 Å². The molecule has 5 fully saturated rings. The number of hydrogen-bond donors (Lipinski definition) is 0. The Kier molecular flexibility index (Phi) is 60.6. The molecule has 6 atom stereocenters. The van der Waals surface area contributed by atoms with Crippen LogP contribution in [0.5, 0.6) is 0 Å². The molecule has 6 unspecified atom stereocenters. The summed E-state index contributed by atoms with van der Waals surface area (Å²) in [6.45, 7) is 84.4. The Hall–Kier alpha value is -5.02. The lowest BCUT2D eigenvalue weighted by Gasteiger charge is -2.39. The molecule has 5 aliphatic carbocycles. The second kappa shape index (κ2) is 61.1. The highest BCUT2D eigenvalue weighted by Crippen LogP contribution is 2.43. The molecule has 0 bridgehead atoms. The fraction of sp³-hybridized carbons (Fsp3) is 0.875. The van der Waals surface area contributed by atoms with Crippen LogP contribution in [0.15, 0.2) is 24.3 Å². The SMILES string of the molecule is CCC(C)(C)C(=O)OC(C)C.CCC(C)(C)C(=O)OC(C)C.CCC(C)(C)C(=O)OC1CC(C)(C)CCC1C.CCC(C)(C)C(=O)OC1CC(C)(C)CCC1C.CCC(C)(C)C(=O)OC1CCCCC1.CCC(C)(C)C(=O)OC1CCCCC1.CCC(C)(C)C(=O)OC1CCCCC1.CCC(C)c1ccc(C(C)(C)C)cc1.CCCCC(CC)COC(=O)C(C)(C)CC. The maximum Gasteiger partial charge on any atom is 0.311 e. The minimum Gasteiger partial charge on any atom is -0.465 e. The van der Waals surface area contributed by atoms with Crippen LogP contribution in [0.4, 0.5) is 0 Å². The van der Waals surface area contributed by atoms with E-state index in [2.05, 4.69) is 114 Å².